The molecule has 1 atom stereocenters. The summed E-state index contributed by atoms with van der Waals surface area (Å²) in [4.78, 5) is 3.35. The molecule has 0 radical (unpaired) electrons. The van der Waals surface area contributed by atoms with Gasteiger partial charge < -0.3 is 10.3 Å². The Bertz CT molecular complexity index is 553. The topological polar surface area (TPSA) is 27.8 Å². The van der Waals surface area contributed by atoms with Crippen LogP contribution in [0.1, 0.15) is 45.1 Å². The highest BCUT2D eigenvalue weighted by Crippen LogP contribution is 2.35. The summed E-state index contributed by atoms with van der Waals surface area (Å²) in [6, 6.07) is 9.35. The van der Waals surface area contributed by atoms with Gasteiger partial charge in [0.15, 0.2) is 0 Å². The van der Waals surface area contributed by atoms with E-state index in [2.05, 4.69) is 48.4 Å². The average Bonchev–Trinajstić information content (AvgIpc) is 2.84. The van der Waals surface area contributed by atoms with Crippen LogP contribution in [0.4, 0.5) is 0 Å². The summed E-state index contributed by atoms with van der Waals surface area (Å²) in [5.74, 6) is 0. The van der Waals surface area contributed by atoms with Gasteiger partial charge in [0.05, 0.1) is 0 Å². The Hall–Kier alpha value is -1.28. The van der Waals surface area contributed by atoms with Crippen molar-refractivity contribution in [1.29, 1.82) is 0 Å². The molecule has 3 rings (SSSR count). The Morgan fingerprint density at radius 1 is 1.32 bits per heavy atom. The number of nitrogens with one attached hydrogen (secondary N) is 2. The molecule has 0 saturated heterocycles. The SMILES string of the molecule is CC1(C)CCCC(NCc2cccc3cc[nH]c23)C1. The van der Waals surface area contributed by atoms with E-state index in [-0.39, 0.29) is 0 Å². The minimum atomic E-state index is 0.508. The summed E-state index contributed by atoms with van der Waals surface area (Å²) in [5, 5.41) is 5.06. The molecule has 19 heavy (non-hydrogen) atoms. The molecule has 0 bridgehead atoms. The van der Waals surface area contributed by atoms with Crippen molar-refractivity contribution in [2.24, 2.45) is 5.41 Å². The van der Waals surface area contributed by atoms with Crippen molar-refractivity contribution in [2.75, 3.05) is 0 Å². The van der Waals surface area contributed by atoms with Crippen LogP contribution < -0.4 is 5.32 Å². The standard InChI is InChI=1S/C17H24N2/c1-17(2)9-4-7-15(11-17)19-12-14-6-3-5-13-8-10-18-16(13)14/h3,5-6,8,10,15,18-19H,4,7,9,11-12H2,1-2H3. The van der Waals surface area contributed by atoms with Gasteiger partial charge in [-0.2, -0.15) is 0 Å². The highest BCUT2D eigenvalue weighted by molar-refractivity contribution is 5.82. The molecule has 1 aromatic heterocycles. The maximum Gasteiger partial charge on any atom is 0.0499 e. The van der Waals surface area contributed by atoms with E-state index in [9.17, 15) is 0 Å². The Balaban J connectivity index is 1.67. The van der Waals surface area contributed by atoms with Crippen LogP contribution in [0.5, 0.6) is 0 Å². The molecule has 0 amide bonds. The second kappa shape index (κ2) is 5.01. The average molecular weight is 256 g/mol. The molecular weight excluding hydrogens is 232 g/mol. The highest BCUT2D eigenvalue weighted by atomic mass is 14.9. The number of aromatic nitrogens is 1. The molecule has 0 aliphatic heterocycles. The third-order valence-electron chi connectivity index (χ3n) is 4.46. The van der Waals surface area contributed by atoms with Gasteiger partial charge in [-0.25, -0.2) is 0 Å². The van der Waals surface area contributed by atoms with Crippen molar-refractivity contribution in [3.05, 3.63) is 36.0 Å². The Labute approximate surface area is 115 Å². The van der Waals surface area contributed by atoms with Gasteiger partial charge in [0, 0.05) is 24.3 Å². The lowest BCUT2D eigenvalue weighted by Gasteiger charge is -2.35. The summed E-state index contributed by atoms with van der Waals surface area (Å²) < 4.78 is 0. The number of aromatic amines is 1. The van der Waals surface area contributed by atoms with Crippen molar-refractivity contribution in [2.45, 2.75) is 52.1 Å². The second-order valence-corrected chi connectivity index (χ2v) is 6.70. The third kappa shape index (κ3) is 2.84. The van der Waals surface area contributed by atoms with Gasteiger partial charge in [0.2, 0.25) is 0 Å². The Morgan fingerprint density at radius 2 is 2.21 bits per heavy atom. The quantitative estimate of drug-likeness (QED) is 0.845. The maximum absolute atomic E-state index is 3.76. The lowest BCUT2D eigenvalue weighted by molar-refractivity contribution is 0.198. The first kappa shape index (κ1) is 12.7. The molecule has 102 valence electrons. The first-order valence-electron chi connectivity index (χ1n) is 7.42. The fourth-order valence-corrected chi connectivity index (χ4v) is 3.42. The van der Waals surface area contributed by atoms with Crippen molar-refractivity contribution in [1.82, 2.24) is 10.3 Å². The molecule has 1 aromatic carbocycles. The van der Waals surface area contributed by atoms with E-state index in [1.807, 2.05) is 6.20 Å². The number of para-hydroxylation sites is 1. The van der Waals surface area contributed by atoms with Crippen LogP contribution in [-0.2, 0) is 6.54 Å². The van der Waals surface area contributed by atoms with Crippen LogP contribution in [0.15, 0.2) is 30.5 Å². The van der Waals surface area contributed by atoms with Crippen LogP contribution in [-0.4, -0.2) is 11.0 Å². The number of benzene rings is 1. The van der Waals surface area contributed by atoms with Gasteiger partial charge >= 0.3 is 0 Å². The largest absolute Gasteiger partial charge is 0.361 e. The molecule has 1 aliphatic carbocycles. The zero-order valence-corrected chi connectivity index (χ0v) is 12.0. The van der Waals surface area contributed by atoms with Crippen LogP contribution in [0.3, 0.4) is 0 Å². The smallest absolute Gasteiger partial charge is 0.0499 e. The van der Waals surface area contributed by atoms with E-state index < -0.39 is 0 Å². The van der Waals surface area contributed by atoms with Crippen molar-refractivity contribution >= 4 is 10.9 Å². The second-order valence-electron chi connectivity index (χ2n) is 6.70. The molecule has 1 heterocycles. The van der Waals surface area contributed by atoms with E-state index >= 15 is 0 Å². The van der Waals surface area contributed by atoms with E-state index in [4.69, 9.17) is 0 Å². The molecule has 1 saturated carbocycles. The Kier molecular flexibility index (Phi) is 3.36. The summed E-state index contributed by atoms with van der Waals surface area (Å²) in [5.41, 5.74) is 3.17. The molecule has 0 spiro atoms. The van der Waals surface area contributed by atoms with Crippen LogP contribution in [0, 0.1) is 5.41 Å². The third-order valence-corrected chi connectivity index (χ3v) is 4.46. The van der Waals surface area contributed by atoms with Gasteiger partial charge in [-0.1, -0.05) is 38.5 Å². The number of hydrogen-bond donors (Lipinski definition) is 2. The van der Waals surface area contributed by atoms with Gasteiger partial charge in [-0.15, -0.1) is 0 Å². The van der Waals surface area contributed by atoms with Gasteiger partial charge in [0.1, 0.15) is 0 Å². The highest BCUT2D eigenvalue weighted by Gasteiger charge is 2.27. The summed E-state index contributed by atoms with van der Waals surface area (Å²) >= 11 is 0. The van der Waals surface area contributed by atoms with Gasteiger partial charge in [0.25, 0.3) is 0 Å². The van der Waals surface area contributed by atoms with E-state index in [1.54, 1.807) is 0 Å². The molecule has 2 nitrogen and oxygen atoms in total. The zero-order chi connectivity index (χ0) is 13.3. The first-order chi connectivity index (χ1) is 9.14. The molecule has 1 aliphatic rings. The van der Waals surface area contributed by atoms with Crippen LogP contribution >= 0.6 is 0 Å². The van der Waals surface area contributed by atoms with E-state index in [1.165, 1.54) is 42.1 Å². The van der Waals surface area contributed by atoms with Gasteiger partial charge in [-0.05, 0) is 41.7 Å². The number of fused-ring (bicyclic) bond motifs is 1. The van der Waals surface area contributed by atoms with Crippen molar-refractivity contribution in [3.63, 3.8) is 0 Å². The van der Waals surface area contributed by atoms with Crippen molar-refractivity contribution in [3.8, 4) is 0 Å². The number of H-pyrrole nitrogens is 1. The first-order valence-corrected chi connectivity index (χ1v) is 7.42. The monoisotopic (exact) mass is 256 g/mol. The van der Waals surface area contributed by atoms with Gasteiger partial charge in [-0.3, -0.25) is 0 Å². The lowest BCUT2D eigenvalue weighted by atomic mass is 9.75. The molecule has 1 unspecified atom stereocenters. The molecule has 2 N–H and O–H groups in total. The minimum Gasteiger partial charge on any atom is -0.361 e. The molecule has 1 fully saturated rings. The summed E-state index contributed by atoms with van der Waals surface area (Å²) in [7, 11) is 0. The fraction of sp³-hybridized carbons (Fsp3) is 0.529. The summed E-state index contributed by atoms with van der Waals surface area (Å²) in [6.07, 6.45) is 7.38. The predicted molar refractivity (Wildman–Crippen MR) is 81.2 cm³/mol. The van der Waals surface area contributed by atoms with Crippen LogP contribution in [0.2, 0.25) is 0 Å². The lowest BCUT2D eigenvalue weighted by Crippen LogP contribution is -2.36. The summed E-state index contributed by atoms with van der Waals surface area (Å²) in [6.45, 7) is 5.76. The molecule has 2 heteroatoms. The fourth-order valence-electron chi connectivity index (χ4n) is 3.42. The predicted octanol–water partition coefficient (Wildman–Crippen LogP) is 4.23. The maximum atomic E-state index is 3.76. The minimum absolute atomic E-state index is 0.508. The molecule has 2 aromatic rings. The van der Waals surface area contributed by atoms with E-state index in [0.29, 0.717) is 11.5 Å². The van der Waals surface area contributed by atoms with Crippen molar-refractivity contribution < 1.29 is 0 Å². The number of rotatable bonds is 3. The normalized spacial score (nSPS) is 22.7. The molecular formula is C17H24N2. The van der Waals surface area contributed by atoms with Crippen LogP contribution in [0.25, 0.3) is 10.9 Å². The Morgan fingerprint density at radius 3 is 3.05 bits per heavy atom. The van der Waals surface area contributed by atoms with E-state index in [0.717, 1.165) is 6.54 Å². The zero-order valence-electron chi connectivity index (χ0n) is 12.0. The number of hydrogen-bond acceptors (Lipinski definition) is 1.